The second kappa shape index (κ2) is 6.14. The van der Waals surface area contributed by atoms with E-state index in [1.165, 1.54) is 5.39 Å². The van der Waals surface area contributed by atoms with Crippen LogP contribution in [0.5, 0.6) is 0 Å². The van der Waals surface area contributed by atoms with E-state index in [0.29, 0.717) is 0 Å². The minimum atomic E-state index is 0.254. The van der Waals surface area contributed by atoms with Crippen LogP contribution in [0.2, 0.25) is 5.02 Å². The number of para-hydroxylation sites is 1. The summed E-state index contributed by atoms with van der Waals surface area (Å²) in [5, 5.41) is 6.37. The first-order valence-corrected chi connectivity index (χ1v) is 8.09. The third kappa shape index (κ3) is 3.10. The third-order valence-corrected chi connectivity index (χ3v) is 4.86. The molecule has 3 rings (SSSR count). The van der Waals surface area contributed by atoms with Gasteiger partial charge in [-0.3, -0.25) is 0 Å². The zero-order chi connectivity index (χ0) is 14.8. The fourth-order valence-corrected chi connectivity index (χ4v) is 3.63. The molecule has 0 fully saturated rings. The van der Waals surface area contributed by atoms with E-state index < -0.39 is 0 Å². The second-order valence-electron chi connectivity index (χ2n) is 5.02. The Morgan fingerprint density at radius 1 is 1.14 bits per heavy atom. The number of rotatable bonds is 4. The fraction of sp³-hybridized carbons (Fsp3) is 0.176. The Bertz CT molecular complexity index is 733. The minimum Gasteiger partial charge on any atom is -0.349 e. The SMILES string of the molecule is CNC(C)c1ccc(Sc2cc3ccccc3[nH]2)cc1Cl. The molecule has 1 atom stereocenters. The molecule has 0 bridgehead atoms. The number of hydrogen-bond acceptors (Lipinski definition) is 2. The summed E-state index contributed by atoms with van der Waals surface area (Å²) in [5.74, 6) is 0. The lowest BCUT2D eigenvalue weighted by atomic mass is 10.1. The summed E-state index contributed by atoms with van der Waals surface area (Å²) in [5.41, 5.74) is 2.28. The molecule has 1 heterocycles. The van der Waals surface area contributed by atoms with Crippen molar-refractivity contribution >= 4 is 34.3 Å². The summed E-state index contributed by atoms with van der Waals surface area (Å²) < 4.78 is 0. The maximum absolute atomic E-state index is 6.38. The summed E-state index contributed by atoms with van der Waals surface area (Å²) in [4.78, 5) is 4.56. The molecule has 0 aliphatic heterocycles. The fourth-order valence-electron chi connectivity index (χ4n) is 2.31. The van der Waals surface area contributed by atoms with Crippen molar-refractivity contribution in [3.8, 4) is 0 Å². The Morgan fingerprint density at radius 3 is 2.67 bits per heavy atom. The summed E-state index contributed by atoms with van der Waals surface area (Å²) in [6, 6.07) is 16.9. The standard InChI is InChI=1S/C17H17ClN2S/c1-11(19-2)14-8-7-13(10-15(14)18)21-17-9-12-5-3-4-6-16(12)20-17/h3-11,19-20H,1-2H3. The molecule has 2 nitrogen and oxygen atoms in total. The number of aromatic nitrogens is 1. The molecule has 3 aromatic rings. The van der Waals surface area contributed by atoms with E-state index in [1.807, 2.05) is 19.2 Å². The van der Waals surface area contributed by atoms with Gasteiger partial charge in [0.15, 0.2) is 0 Å². The van der Waals surface area contributed by atoms with Gasteiger partial charge >= 0.3 is 0 Å². The second-order valence-corrected chi connectivity index (χ2v) is 6.54. The molecule has 0 saturated heterocycles. The molecular formula is C17H17ClN2S. The lowest BCUT2D eigenvalue weighted by molar-refractivity contribution is 0.652. The van der Waals surface area contributed by atoms with E-state index in [4.69, 9.17) is 11.6 Å². The van der Waals surface area contributed by atoms with Crippen LogP contribution in [0.15, 0.2) is 58.5 Å². The largest absolute Gasteiger partial charge is 0.349 e. The molecule has 0 amide bonds. The molecule has 108 valence electrons. The van der Waals surface area contributed by atoms with Crippen molar-refractivity contribution in [2.24, 2.45) is 0 Å². The summed E-state index contributed by atoms with van der Waals surface area (Å²) in [7, 11) is 1.94. The maximum Gasteiger partial charge on any atom is 0.0780 e. The average Bonchev–Trinajstić information content (AvgIpc) is 2.88. The topological polar surface area (TPSA) is 27.8 Å². The molecule has 0 aliphatic carbocycles. The Balaban J connectivity index is 1.86. The molecule has 0 saturated carbocycles. The van der Waals surface area contributed by atoms with Gasteiger partial charge in [0, 0.05) is 26.9 Å². The maximum atomic E-state index is 6.38. The predicted molar refractivity (Wildman–Crippen MR) is 91.3 cm³/mol. The number of fused-ring (bicyclic) bond motifs is 1. The highest BCUT2D eigenvalue weighted by atomic mass is 35.5. The van der Waals surface area contributed by atoms with E-state index in [9.17, 15) is 0 Å². The molecule has 0 radical (unpaired) electrons. The van der Waals surface area contributed by atoms with Crippen LogP contribution in [0.1, 0.15) is 18.5 Å². The van der Waals surface area contributed by atoms with Crippen LogP contribution in [0.3, 0.4) is 0 Å². The Kier molecular flexibility index (Phi) is 4.24. The first-order chi connectivity index (χ1) is 10.2. The Hall–Kier alpha value is -1.42. The summed E-state index contributed by atoms with van der Waals surface area (Å²) in [6.07, 6.45) is 0. The number of nitrogens with one attached hydrogen (secondary N) is 2. The first-order valence-electron chi connectivity index (χ1n) is 6.89. The van der Waals surface area contributed by atoms with E-state index in [2.05, 4.69) is 53.6 Å². The average molecular weight is 317 g/mol. The van der Waals surface area contributed by atoms with Gasteiger partial charge in [0.1, 0.15) is 0 Å². The molecule has 2 N–H and O–H groups in total. The number of hydrogen-bond donors (Lipinski definition) is 2. The quantitative estimate of drug-likeness (QED) is 0.687. The van der Waals surface area contributed by atoms with Gasteiger partial charge in [-0.2, -0.15) is 0 Å². The normalized spacial score (nSPS) is 12.7. The van der Waals surface area contributed by atoms with E-state index >= 15 is 0 Å². The molecule has 4 heteroatoms. The highest BCUT2D eigenvalue weighted by Gasteiger charge is 2.09. The Morgan fingerprint density at radius 2 is 1.95 bits per heavy atom. The van der Waals surface area contributed by atoms with E-state index in [1.54, 1.807) is 11.8 Å². The molecule has 0 spiro atoms. The first kappa shape index (κ1) is 14.5. The van der Waals surface area contributed by atoms with Crippen LogP contribution in [-0.4, -0.2) is 12.0 Å². The van der Waals surface area contributed by atoms with Crippen LogP contribution in [0, 0.1) is 0 Å². The van der Waals surface area contributed by atoms with Crippen LogP contribution < -0.4 is 5.32 Å². The van der Waals surface area contributed by atoms with Crippen LogP contribution >= 0.6 is 23.4 Å². The summed E-state index contributed by atoms with van der Waals surface area (Å²) >= 11 is 8.08. The predicted octanol–water partition coefficient (Wildman–Crippen LogP) is 5.25. The van der Waals surface area contributed by atoms with Gasteiger partial charge in [0.25, 0.3) is 0 Å². The van der Waals surface area contributed by atoms with Gasteiger partial charge in [-0.1, -0.05) is 47.6 Å². The summed E-state index contributed by atoms with van der Waals surface area (Å²) in [6.45, 7) is 2.10. The van der Waals surface area contributed by atoms with E-state index in [-0.39, 0.29) is 6.04 Å². The van der Waals surface area contributed by atoms with Crippen molar-refractivity contribution < 1.29 is 0 Å². The smallest absolute Gasteiger partial charge is 0.0780 e. The van der Waals surface area contributed by atoms with Crippen molar-refractivity contribution in [2.75, 3.05) is 7.05 Å². The number of H-pyrrole nitrogens is 1. The highest BCUT2D eigenvalue weighted by molar-refractivity contribution is 7.99. The molecule has 0 aliphatic rings. The van der Waals surface area contributed by atoms with Gasteiger partial charge in [0.2, 0.25) is 0 Å². The zero-order valence-corrected chi connectivity index (χ0v) is 13.6. The zero-order valence-electron chi connectivity index (χ0n) is 12.0. The molecule has 1 aromatic heterocycles. The lowest BCUT2D eigenvalue weighted by Gasteiger charge is -2.13. The molecule has 2 aromatic carbocycles. The van der Waals surface area contributed by atoms with Crippen molar-refractivity contribution in [3.63, 3.8) is 0 Å². The number of benzene rings is 2. The van der Waals surface area contributed by atoms with Crippen LogP contribution in [0.4, 0.5) is 0 Å². The van der Waals surface area contributed by atoms with Crippen molar-refractivity contribution in [1.82, 2.24) is 10.3 Å². The van der Waals surface area contributed by atoms with Crippen LogP contribution in [0.25, 0.3) is 10.9 Å². The monoisotopic (exact) mass is 316 g/mol. The number of halogens is 1. The van der Waals surface area contributed by atoms with E-state index in [0.717, 1.165) is 26.0 Å². The van der Waals surface area contributed by atoms with Crippen molar-refractivity contribution in [1.29, 1.82) is 0 Å². The number of aromatic amines is 1. The highest BCUT2D eigenvalue weighted by Crippen LogP contribution is 2.33. The molecule has 21 heavy (non-hydrogen) atoms. The van der Waals surface area contributed by atoms with Crippen LogP contribution in [-0.2, 0) is 0 Å². The third-order valence-electron chi connectivity index (χ3n) is 3.60. The van der Waals surface area contributed by atoms with Gasteiger partial charge < -0.3 is 10.3 Å². The molecule has 1 unspecified atom stereocenters. The van der Waals surface area contributed by atoms with Gasteiger partial charge in [0.05, 0.1) is 5.03 Å². The minimum absolute atomic E-state index is 0.254. The van der Waals surface area contributed by atoms with Gasteiger partial charge in [-0.05, 0) is 43.8 Å². The molecular weight excluding hydrogens is 300 g/mol. The van der Waals surface area contributed by atoms with Crippen molar-refractivity contribution in [3.05, 3.63) is 59.1 Å². The van der Waals surface area contributed by atoms with Gasteiger partial charge in [-0.25, -0.2) is 0 Å². The Labute approximate surface area is 133 Å². The van der Waals surface area contributed by atoms with Gasteiger partial charge in [-0.15, -0.1) is 0 Å². The lowest BCUT2D eigenvalue weighted by Crippen LogP contribution is -2.12. The van der Waals surface area contributed by atoms with Crippen molar-refractivity contribution in [2.45, 2.75) is 22.9 Å².